The number of benzene rings is 3. The number of aliphatic hydroxyl groups excluding tert-OH is 2. The number of fused-ring (bicyclic) bond motifs is 3. The van der Waals surface area contributed by atoms with Gasteiger partial charge >= 0.3 is 0 Å². The van der Waals surface area contributed by atoms with Crippen LogP contribution in [0.3, 0.4) is 0 Å². The molecule has 0 radical (unpaired) electrons. The van der Waals surface area contributed by atoms with E-state index >= 15 is 0 Å². The van der Waals surface area contributed by atoms with Gasteiger partial charge < -0.3 is 42.6 Å². The summed E-state index contributed by atoms with van der Waals surface area (Å²) in [6.07, 6.45) is 0.191. The van der Waals surface area contributed by atoms with Gasteiger partial charge in [0.25, 0.3) is 5.91 Å². The molecule has 0 heterocycles. The Morgan fingerprint density at radius 1 is 1.04 bits per heavy atom. The summed E-state index contributed by atoms with van der Waals surface area (Å²) in [6, 6.07) is 19.1. The average molecular weight is 693 g/mol. The van der Waals surface area contributed by atoms with E-state index in [1.165, 1.54) is 37.7 Å². The molecule has 0 bridgehead atoms. The number of hydrogen-bond donors (Lipinski definition) is 7. The normalized spacial score (nSPS) is 25.6. The van der Waals surface area contributed by atoms with Crippen LogP contribution in [0.5, 0.6) is 11.5 Å². The summed E-state index contributed by atoms with van der Waals surface area (Å²) in [6.45, 7) is 1.27. The highest BCUT2D eigenvalue weighted by atomic mass is 16.5. The molecule has 4 atom stereocenters. The minimum Gasteiger partial charge on any atom is -0.509 e. The zero-order chi connectivity index (χ0) is 37.0. The molecule has 1 amide bonds. The van der Waals surface area contributed by atoms with Crippen molar-refractivity contribution in [3.05, 3.63) is 99.8 Å². The summed E-state index contributed by atoms with van der Waals surface area (Å²) in [7, 11) is 4.46. The molecule has 13 heteroatoms. The van der Waals surface area contributed by atoms with Crippen LogP contribution in [0.4, 0.5) is 0 Å². The fraction of sp³-hybridized carbons (Fsp3) is 0.316. The number of hydrogen-bond acceptors (Lipinski definition) is 12. The van der Waals surface area contributed by atoms with Crippen molar-refractivity contribution in [3.8, 4) is 28.7 Å². The molecule has 1 saturated carbocycles. The molecule has 3 aromatic rings. The third-order valence-electron chi connectivity index (χ3n) is 10.5. The van der Waals surface area contributed by atoms with Gasteiger partial charge in [-0.2, -0.15) is 5.26 Å². The monoisotopic (exact) mass is 692 g/mol. The number of phenolic OH excluding ortho intramolecular Hbond substituents is 1. The predicted octanol–water partition coefficient (Wildman–Crippen LogP) is 1.91. The molecule has 0 saturated heterocycles. The van der Waals surface area contributed by atoms with Crippen LogP contribution in [0.25, 0.3) is 16.9 Å². The fourth-order valence-corrected chi connectivity index (χ4v) is 8.27. The molecule has 0 unspecified atom stereocenters. The number of carbonyl (C=O) groups excluding carboxylic acids is 3. The van der Waals surface area contributed by atoms with Gasteiger partial charge in [-0.3, -0.25) is 19.3 Å². The van der Waals surface area contributed by atoms with E-state index in [0.29, 0.717) is 29.0 Å². The Morgan fingerprint density at radius 2 is 1.75 bits per heavy atom. The number of nitrogens with zero attached hydrogens (tertiary/aromatic N) is 2. The highest BCUT2D eigenvalue weighted by Gasteiger charge is 2.74. The molecule has 51 heavy (non-hydrogen) atoms. The highest BCUT2D eigenvalue weighted by molar-refractivity contribution is 6.25. The summed E-state index contributed by atoms with van der Waals surface area (Å²) in [5.41, 5.74) is 14.9. The molecule has 3 aromatic carbocycles. The smallest absolute Gasteiger partial charge is 0.255 e. The lowest BCUT2D eigenvalue weighted by Gasteiger charge is -2.58. The number of ketones is 2. The van der Waals surface area contributed by atoms with Gasteiger partial charge in [-0.15, -0.1) is 0 Å². The maximum absolute atomic E-state index is 14.7. The number of aliphatic hydroxyl groups is 2. The quantitative estimate of drug-likeness (QED) is 0.126. The summed E-state index contributed by atoms with van der Waals surface area (Å²) >= 11 is 0. The van der Waals surface area contributed by atoms with Gasteiger partial charge in [-0.25, -0.2) is 0 Å². The van der Waals surface area contributed by atoms with Crippen LogP contribution in [0, 0.1) is 16.7 Å². The van der Waals surface area contributed by atoms with Crippen molar-refractivity contribution in [2.75, 3.05) is 27.7 Å². The molecule has 0 spiro atoms. The Kier molecular flexibility index (Phi) is 8.77. The van der Waals surface area contributed by atoms with Crippen molar-refractivity contribution in [1.29, 1.82) is 5.26 Å². The van der Waals surface area contributed by atoms with Gasteiger partial charge in [0.1, 0.15) is 28.6 Å². The van der Waals surface area contributed by atoms with Gasteiger partial charge in [0.15, 0.2) is 17.0 Å². The van der Waals surface area contributed by atoms with Gasteiger partial charge in [0.2, 0.25) is 0 Å². The first kappa shape index (κ1) is 35.3. The first-order chi connectivity index (χ1) is 24.2. The van der Waals surface area contributed by atoms with E-state index in [1.807, 2.05) is 36.4 Å². The maximum atomic E-state index is 14.7. The van der Waals surface area contributed by atoms with Gasteiger partial charge in [-0.05, 0) is 80.4 Å². The van der Waals surface area contributed by atoms with Crippen molar-refractivity contribution in [3.63, 3.8) is 0 Å². The van der Waals surface area contributed by atoms with Crippen LogP contribution >= 0.6 is 0 Å². The van der Waals surface area contributed by atoms with Crippen LogP contribution < -0.4 is 27.3 Å². The minimum absolute atomic E-state index is 0.0994. The lowest BCUT2D eigenvalue weighted by atomic mass is 9.47. The number of rotatable bonds is 9. The van der Waals surface area contributed by atoms with E-state index in [1.54, 1.807) is 12.1 Å². The van der Waals surface area contributed by atoms with Gasteiger partial charge in [0, 0.05) is 12.1 Å². The molecular weight excluding hydrogens is 652 g/mol. The largest absolute Gasteiger partial charge is 0.509 e. The van der Waals surface area contributed by atoms with E-state index in [9.17, 15) is 35.0 Å². The number of aromatic hydroxyl groups is 1. The SMILES string of the molecule is COc1ccc(CNCCc2ccccc2)cc1-c1ccc(O)c2c1C[C@@]1(N)C[C@@]3(N)[C@H](N(C)C)C(=O)C(C(N)=O)=C(O)[C@@]3(C#N)C(=O)C1=C2O. The Labute approximate surface area is 294 Å². The number of methoxy groups -OCH3 is 1. The van der Waals surface area contributed by atoms with Crippen molar-refractivity contribution >= 4 is 23.2 Å². The third-order valence-corrected chi connectivity index (χ3v) is 10.5. The number of likely N-dealkylation sites (N-methyl/N-ethyl adjacent to an activating group) is 1. The first-order valence-corrected chi connectivity index (χ1v) is 16.4. The standard InChI is InChI=1S/C38H40N6O7/c1-44(2)32-31(47)28(35(40)50)33(48)37(19-39)34(49)29-30(46)27-24(16-36(29,41)18-38(32,37)42)22(10-11-25(27)45)23-15-21(9-12-26(23)51-3)17-43-14-13-20-7-5-4-6-8-20/h4-12,15,32,43,45-46,48H,13-14,16-18,41-42H2,1-3H3,(H2,40,50)/t32-,36-,37+,38-/m1/s1. The van der Waals surface area contributed by atoms with E-state index < -0.39 is 69.1 Å². The summed E-state index contributed by atoms with van der Waals surface area (Å²) < 4.78 is 5.73. The first-order valence-electron chi connectivity index (χ1n) is 16.4. The second kappa shape index (κ2) is 12.7. The molecule has 3 aliphatic carbocycles. The number of amides is 1. The Hall–Kier alpha value is -5.52. The third kappa shape index (κ3) is 5.18. The molecule has 3 aliphatic rings. The Balaban J connectivity index is 1.49. The lowest BCUT2D eigenvalue weighted by molar-refractivity contribution is -0.139. The second-order valence-corrected chi connectivity index (χ2v) is 13.7. The molecule has 0 aliphatic heterocycles. The maximum Gasteiger partial charge on any atom is 0.255 e. The van der Waals surface area contributed by atoms with Crippen LogP contribution in [0.1, 0.15) is 28.7 Å². The van der Waals surface area contributed by atoms with Gasteiger partial charge in [0.05, 0.1) is 41.4 Å². The van der Waals surface area contributed by atoms with Crippen LogP contribution in [0.2, 0.25) is 0 Å². The Bertz CT molecular complexity index is 2090. The molecule has 6 rings (SSSR count). The van der Waals surface area contributed by atoms with Crippen molar-refractivity contribution < 1.29 is 34.4 Å². The molecule has 0 aromatic heterocycles. The Morgan fingerprint density at radius 3 is 2.37 bits per heavy atom. The van der Waals surface area contributed by atoms with Crippen molar-refractivity contribution in [1.82, 2.24) is 10.2 Å². The second-order valence-electron chi connectivity index (χ2n) is 13.7. The zero-order valence-corrected chi connectivity index (χ0v) is 28.5. The molecule has 1 fully saturated rings. The lowest BCUT2D eigenvalue weighted by Crippen LogP contribution is -2.80. The molecule has 264 valence electrons. The molecule has 13 nitrogen and oxygen atoms in total. The molecular formula is C38H40N6O7. The van der Waals surface area contributed by atoms with E-state index in [4.69, 9.17) is 21.9 Å². The number of phenols is 1. The fourth-order valence-electron chi connectivity index (χ4n) is 8.27. The van der Waals surface area contributed by atoms with E-state index in [2.05, 4.69) is 17.4 Å². The number of nitrogens with two attached hydrogens (primary N) is 3. The van der Waals surface area contributed by atoms with Crippen LogP contribution in [-0.2, 0) is 33.8 Å². The highest BCUT2D eigenvalue weighted by Crippen LogP contribution is 2.59. The average Bonchev–Trinajstić information content (AvgIpc) is 3.06. The van der Waals surface area contributed by atoms with Crippen LogP contribution in [0.15, 0.2) is 77.6 Å². The topological polar surface area (TPSA) is 238 Å². The van der Waals surface area contributed by atoms with Gasteiger partial charge in [-0.1, -0.05) is 42.5 Å². The number of nitrogens with one attached hydrogen (secondary N) is 1. The van der Waals surface area contributed by atoms with E-state index in [0.717, 1.165) is 18.5 Å². The van der Waals surface area contributed by atoms with Crippen molar-refractivity contribution in [2.45, 2.75) is 42.9 Å². The number of Topliss-reactive ketones (excluding diaryl/α,β-unsaturated/α-hetero) is 2. The summed E-state index contributed by atoms with van der Waals surface area (Å²) in [4.78, 5) is 42.2. The number of carbonyl (C=O) groups is 3. The zero-order valence-electron chi connectivity index (χ0n) is 28.5. The summed E-state index contributed by atoms with van der Waals surface area (Å²) in [5, 5.41) is 48.6. The van der Waals surface area contributed by atoms with Crippen molar-refractivity contribution in [2.24, 2.45) is 22.6 Å². The van der Waals surface area contributed by atoms with E-state index in [-0.39, 0.29) is 17.7 Å². The number of primary amides is 1. The number of ether oxygens (including phenoxy) is 1. The minimum atomic E-state index is -2.73. The molecule has 10 N–H and O–H groups in total. The number of nitriles is 1. The summed E-state index contributed by atoms with van der Waals surface area (Å²) in [5.74, 6) is -5.32. The van der Waals surface area contributed by atoms with Crippen LogP contribution in [-0.4, -0.2) is 82.6 Å². The predicted molar refractivity (Wildman–Crippen MR) is 188 cm³/mol.